The highest BCUT2D eigenvalue weighted by Crippen LogP contribution is 2.33. The van der Waals surface area contributed by atoms with Gasteiger partial charge in [-0.15, -0.1) is 11.8 Å². The van der Waals surface area contributed by atoms with E-state index in [0.717, 1.165) is 39.1 Å². The maximum atomic E-state index is 13.1. The van der Waals surface area contributed by atoms with E-state index in [0.29, 0.717) is 11.4 Å². The van der Waals surface area contributed by atoms with E-state index in [4.69, 9.17) is 0 Å². The summed E-state index contributed by atoms with van der Waals surface area (Å²) in [7, 11) is 0. The predicted molar refractivity (Wildman–Crippen MR) is 108 cm³/mol. The average Bonchev–Trinajstić information content (AvgIpc) is 3.13. The minimum Gasteiger partial charge on any atom is -0.508 e. The molecular weight excluding hydrogens is 397 g/mol. The second-order valence-corrected chi connectivity index (χ2v) is 7.75. The van der Waals surface area contributed by atoms with Crippen molar-refractivity contribution in [3.8, 4) is 11.4 Å². The summed E-state index contributed by atoms with van der Waals surface area (Å²) in [4.78, 5) is 1.00. The van der Waals surface area contributed by atoms with Crippen LogP contribution in [0.1, 0.15) is 16.7 Å². The van der Waals surface area contributed by atoms with E-state index in [9.17, 15) is 18.3 Å². The Morgan fingerprint density at radius 2 is 1.83 bits per heavy atom. The highest BCUT2D eigenvalue weighted by molar-refractivity contribution is 7.98. The first-order chi connectivity index (χ1) is 13.8. The van der Waals surface area contributed by atoms with Gasteiger partial charge in [0.15, 0.2) is 0 Å². The van der Waals surface area contributed by atoms with Gasteiger partial charge in [0, 0.05) is 16.0 Å². The molecule has 0 aliphatic heterocycles. The van der Waals surface area contributed by atoms with E-state index < -0.39 is 11.7 Å². The van der Waals surface area contributed by atoms with Crippen LogP contribution in [0.25, 0.3) is 16.6 Å². The summed E-state index contributed by atoms with van der Waals surface area (Å²) in [5.74, 6) is 0.866. The van der Waals surface area contributed by atoms with E-state index in [-0.39, 0.29) is 5.75 Å². The zero-order valence-corrected chi connectivity index (χ0v) is 16.3. The van der Waals surface area contributed by atoms with Crippen LogP contribution >= 0.6 is 11.8 Å². The standard InChI is InChI=1S/C22H17F3N2OS/c1-14-10-19(8-9-20(14)28)29-13-16-5-2-4-15-12-26-27(21(15)16)18-7-3-6-17(11-18)22(23,24)25/h2-12,28H,13H2,1H3. The van der Waals surface area contributed by atoms with Gasteiger partial charge >= 0.3 is 6.18 Å². The number of aromatic hydroxyl groups is 1. The zero-order chi connectivity index (χ0) is 20.6. The Labute approximate surface area is 169 Å². The number of nitrogens with zero attached hydrogens (tertiary/aromatic N) is 2. The number of para-hydroxylation sites is 1. The van der Waals surface area contributed by atoms with Crippen molar-refractivity contribution in [2.45, 2.75) is 23.7 Å². The maximum Gasteiger partial charge on any atom is 0.416 e. The third-order valence-corrected chi connectivity index (χ3v) is 5.70. The molecule has 0 aliphatic carbocycles. The number of phenolic OH excluding ortho intramolecular Hbond substituents is 1. The molecule has 0 aliphatic rings. The lowest BCUT2D eigenvalue weighted by molar-refractivity contribution is -0.137. The van der Waals surface area contributed by atoms with Crippen LogP contribution in [0.2, 0.25) is 0 Å². The summed E-state index contributed by atoms with van der Waals surface area (Å²) >= 11 is 1.59. The number of alkyl halides is 3. The third kappa shape index (κ3) is 3.96. The lowest BCUT2D eigenvalue weighted by Gasteiger charge is -2.11. The molecule has 0 spiro atoms. The topological polar surface area (TPSA) is 38.0 Å². The Morgan fingerprint density at radius 1 is 1.03 bits per heavy atom. The smallest absolute Gasteiger partial charge is 0.416 e. The number of fused-ring (bicyclic) bond motifs is 1. The molecule has 0 atom stereocenters. The number of aromatic nitrogens is 2. The molecule has 0 unspecified atom stereocenters. The normalized spacial score (nSPS) is 11.9. The van der Waals surface area contributed by atoms with Crippen molar-refractivity contribution in [2.75, 3.05) is 0 Å². The number of halogens is 3. The molecule has 3 nitrogen and oxygen atoms in total. The highest BCUT2D eigenvalue weighted by atomic mass is 32.2. The number of hydrogen-bond donors (Lipinski definition) is 1. The van der Waals surface area contributed by atoms with Crippen LogP contribution in [0.15, 0.2) is 71.8 Å². The lowest BCUT2D eigenvalue weighted by Crippen LogP contribution is -2.06. The minimum atomic E-state index is -4.41. The molecule has 29 heavy (non-hydrogen) atoms. The first kappa shape index (κ1) is 19.4. The molecule has 0 saturated heterocycles. The summed E-state index contributed by atoms with van der Waals surface area (Å²) < 4.78 is 40.9. The first-order valence-corrected chi connectivity index (χ1v) is 9.87. The van der Waals surface area contributed by atoms with E-state index >= 15 is 0 Å². The lowest BCUT2D eigenvalue weighted by atomic mass is 10.1. The molecule has 4 aromatic rings. The van der Waals surface area contributed by atoms with Crippen molar-refractivity contribution in [2.24, 2.45) is 0 Å². The van der Waals surface area contributed by atoms with Gasteiger partial charge in [-0.1, -0.05) is 24.3 Å². The average molecular weight is 414 g/mol. The quantitative estimate of drug-likeness (QED) is 0.396. The molecule has 1 aromatic heterocycles. The van der Waals surface area contributed by atoms with Crippen LogP contribution in [0.5, 0.6) is 5.75 Å². The molecule has 0 saturated carbocycles. The van der Waals surface area contributed by atoms with E-state index in [1.54, 1.807) is 34.8 Å². The van der Waals surface area contributed by atoms with E-state index in [2.05, 4.69) is 5.10 Å². The van der Waals surface area contributed by atoms with Gasteiger partial charge < -0.3 is 5.11 Å². The van der Waals surface area contributed by atoms with Crippen molar-refractivity contribution in [1.29, 1.82) is 0 Å². The Kier molecular flexibility index (Phi) is 5.00. The van der Waals surface area contributed by atoms with Crippen LogP contribution in [0.3, 0.4) is 0 Å². The first-order valence-electron chi connectivity index (χ1n) is 8.88. The van der Waals surface area contributed by atoms with E-state index in [1.807, 2.05) is 37.3 Å². The van der Waals surface area contributed by atoms with Gasteiger partial charge in [0.2, 0.25) is 0 Å². The van der Waals surface area contributed by atoms with Gasteiger partial charge in [0.1, 0.15) is 5.75 Å². The molecule has 7 heteroatoms. The highest BCUT2D eigenvalue weighted by Gasteiger charge is 2.30. The molecule has 3 aromatic carbocycles. The third-order valence-electron chi connectivity index (χ3n) is 4.66. The van der Waals surface area contributed by atoms with Crippen molar-refractivity contribution in [1.82, 2.24) is 9.78 Å². The number of benzene rings is 3. The fourth-order valence-electron chi connectivity index (χ4n) is 3.16. The van der Waals surface area contributed by atoms with Crippen LogP contribution in [-0.2, 0) is 11.9 Å². The predicted octanol–water partition coefficient (Wildman–Crippen LogP) is 6.35. The molecule has 0 bridgehead atoms. The van der Waals surface area contributed by atoms with Gasteiger partial charge in [-0.2, -0.15) is 18.3 Å². The molecule has 1 heterocycles. The monoisotopic (exact) mass is 414 g/mol. The van der Waals surface area contributed by atoms with Crippen molar-refractivity contribution in [3.63, 3.8) is 0 Å². The Balaban J connectivity index is 1.72. The largest absolute Gasteiger partial charge is 0.508 e. The summed E-state index contributed by atoms with van der Waals surface area (Å²) in [5.41, 5.74) is 2.21. The van der Waals surface area contributed by atoms with Gasteiger partial charge in [-0.3, -0.25) is 0 Å². The minimum absolute atomic E-state index is 0.249. The summed E-state index contributed by atoms with van der Waals surface area (Å²) in [6.07, 6.45) is -2.75. The fraction of sp³-hybridized carbons (Fsp3) is 0.136. The Bertz CT molecular complexity index is 1180. The molecule has 4 rings (SSSR count). The number of phenols is 1. The summed E-state index contributed by atoms with van der Waals surface area (Å²) in [6.45, 7) is 1.84. The van der Waals surface area contributed by atoms with Crippen molar-refractivity contribution in [3.05, 3.63) is 83.6 Å². The Hall–Kier alpha value is -2.93. The number of rotatable bonds is 4. The second-order valence-electron chi connectivity index (χ2n) is 6.70. The molecule has 0 radical (unpaired) electrons. The van der Waals surface area contributed by atoms with Crippen molar-refractivity contribution >= 4 is 22.7 Å². The van der Waals surface area contributed by atoms with E-state index in [1.165, 1.54) is 6.07 Å². The van der Waals surface area contributed by atoms with Gasteiger partial charge in [0.05, 0.1) is 23.0 Å². The molecule has 148 valence electrons. The van der Waals surface area contributed by atoms with Gasteiger partial charge in [-0.05, 0) is 54.4 Å². The second kappa shape index (κ2) is 7.48. The maximum absolute atomic E-state index is 13.1. The molecule has 0 fully saturated rings. The zero-order valence-electron chi connectivity index (χ0n) is 15.4. The molecular formula is C22H17F3N2OS. The number of aryl methyl sites for hydroxylation is 1. The SMILES string of the molecule is Cc1cc(SCc2cccc3cnn(-c4cccc(C(F)(F)F)c4)c23)ccc1O. The van der Waals surface area contributed by atoms with Crippen LogP contribution < -0.4 is 0 Å². The molecule has 0 amide bonds. The summed E-state index contributed by atoms with van der Waals surface area (Å²) in [5, 5.41) is 14.9. The Morgan fingerprint density at radius 3 is 2.59 bits per heavy atom. The fourth-order valence-corrected chi connectivity index (χ4v) is 4.14. The number of thioether (sulfide) groups is 1. The molecule has 1 N–H and O–H groups in total. The van der Waals surface area contributed by atoms with Crippen LogP contribution in [0.4, 0.5) is 13.2 Å². The van der Waals surface area contributed by atoms with Crippen LogP contribution in [0, 0.1) is 6.92 Å². The van der Waals surface area contributed by atoms with Gasteiger partial charge in [0.25, 0.3) is 0 Å². The van der Waals surface area contributed by atoms with Crippen LogP contribution in [-0.4, -0.2) is 14.9 Å². The van der Waals surface area contributed by atoms with Crippen molar-refractivity contribution < 1.29 is 18.3 Å². The summed E-state index contributed by atoms with van der Waals surface area (Å²) in [6, 6.07) is 16.3. The number of hydrogen-bond acceptors (Lipinski definition) is 3. The van der Waals surface area contributed by atoms with Gasteiger partial charge in [-0.25, -0.2) is 4.68 Å².